The zero-order chi connectivity index (χ0) is 19.4. The summed E-state index contributed by atoms with van der Waals surface area (Å²) in [6.45, 7) is 3.89. The number of anilines is 1. The van der Waals surface area contributed by atoms with Crippen LogP contribution in [0.2, 0.25) is 0 Å². The van der Waals surface area contributed by atoms with Crippen molar-refractivity contribution in [3.8, 4) is 11.5 Å². The second-order valence-corrected chi connectivity index (χ2v) is 8.95. The standard InChI is InChI=1S/C19H20N2O5S/c1-19(2)14-9-13(5-6-15(14)21(3)18(19)22)27(23,24)20-10-12-4-7-16-17(8-12)26-11-25-16/h4-9,20H,10-11H2,1-3H3. The molecule has 0 unspecified atom stereocenters. The van der Waals surface area contributed by atoms with Crippen LogP contribution in [0.5, 0.6) is 11.5 Å². The molecule has 27 heavy (non-hydrogen) atoms. The Morgan fingerprint density at radius 1 is 1.11 bits per heavy atom. The molecule has 2 aromatic carbocycles. The van der Waals surface area contributed by atoms with E-state index in [4.69, 9.17) is 9.47 Å². The maximum Gasteiger partial charge on any atom is 0.240 e. The first kappa shape index (κ1) is 17.8. The fourth-order valence-corrected chi connectivity index (χ4v) is 4.48. The van der Waals surface area contributed by atoms with Crippen LogP contribution in [-0.4, -0.2) is 28.2 Å². The number of nitrogens with one attached hydrogen (secondary N) is 1. The summed E-state index contributed by atoms with van der Waals surface area (Å²) in [5.74, 6) is 1.20. The molecule has 8 heteroatoms. The molecule has 1 amide bonds. The zero-order valence-electron chi connectivity index (χ0n) is 15.3. The fraction of sp³-hybridized carbons (Fsp3) is 0.316. The minimum absolute atomic E-state index is 0.0552. The molecule has 0 atom stereocenters. The largest absolute Gasteiger partial charge is 0.454 e. The number of ether oxygens (including phenoxy) is 2. The molecule has 0 saturated heterocycles. The third kappa shape index (κ3) is 2.85. The Morgan fingerprint density at radius 3 is 2.63 bits per heavy atom. The van der Waals surface area contributed by atoms with Crippen LogP contribution in [0.15, 0.2) is 41.3 Å². The van der Waals surface area contributed by atoms with Gasteiger partial charge in [0.15, 0.2) is 11.5 Å². The molecule has 0 aliphatic carbocycles. The molecule has 2 heterocycles. The molecule has 0 aromatic heterocycles. The molecule has 0 radical (unpaired) electrons. The normalized spacial score (nSPS) is 17.3. The van der Waals surface area contributed by atoms with Crippen molar-refractivity contribution in [3.05, 3.63) is 47.5 Å². The maximum atomic E-state index is 12.7. The van der Waals surface area contributed by atoms with E-state index >= 15 is 0 Å². The van der Waals surface area contributed by atoms with Gasteiger partial charge in [-0.1, -0.05) is 6.07 Å². The molecule has 0 spiro atoms. The number of benzene rings is 2. The molecule has 7 nitrogen and oxygen atoms in total. The number of carbonyl (C=O) groups excluding carboxylic acids is 1. The van der Waals surface area contributed by atoms with E-state index in [9.17, 15) is 13.2 Å². The van der Waals surface area contributed by atoms with E-state index in [0.717, 1.165) is 11.3 Å². The van der Waals surface area contributed by atoms with Crippen molar-refractivity contribution in [3.63, 3.8) is 0 Å². The summed E-state index contributed by atoms with van der Waals surface area (Å²) in [5, 5.41) is 0. The van der Waals surface area contributed by atoms with E-state index in [1.165, 1.54) is 6.07 Å². The van der Waals surface area contributed by atoms with Crippen molar-refractivity contribution in [1.29, 1.82) is 0 Å². The molecule has 142 valence electrons. The molecule has 4 rings (SSSR count). The van der Waals surface area contributed by atoms with Gasteiger partial charge >= 0.3 is 0 Å². The molecule has 0 bridgehead atoms. The van der Waals surface area contributed by atoms with Crippen molar-refractivity contribution in [1.82, 2.24) is 4.72 Å². The van der Waals surface area contributed by atoms with Crippen LogP contribution < -0.4 is 19.1 Å². The number of likely N-dealkylation sites (N-methyl/N-ethyl adjacent to an activating group) is 1. The zero-order valence-corrected chi connectivity index (χ0v) is 16.1. The van der Waals surface area contributed by atoms with Gasteiger partial charge in [0, 0.05) is 19.3 Å². The first-order valence-electron chi connectivity index (χ1n) is 8.51. The Morgan fingerprint density at radius 2 is 1.85 bits per heavy atom. The van der Waals surface area contributed by atoms with Crippen LogP contribution in [0.1, 0.15) is 25.0 Å². The van der Waals surface area contributed by atoms with Gasteiger partial charge in [0.25, 0.3) is 0 Å². The average Bonchev–Trinajstić information content (AvgIpc) is 3.18. The van der Waals surface area contributed by atoms with E-state index in [-0.39, 0.29) is 24.1 Å². The first-order chi connectivity index (χ1) is 12.7. The second kappa shape index (κ2) is 5.97. The van der Waals surface area contributed by atoms with Gasteiger partial charge in [-0.15, -0.1) is 0 Å². The van der Waals surface area contributed by atoms with Crippen molar-refractivity contribution < 1.29 is 22.7 Å². The van der Waals surface area contributed by atoms with Gasteiger partial charge in [-0.05, 0) is 55.3 Å². The van der Waals surface area contributed by atoms with Crippen molar-refractivity contribution >= 4 is 21.6 Å². The average molecular weight is 388 g/mol. The Balaban J connectivity index is 1.58. The predicted octanol–water partition coefficient (Wildman–Crippen LogP) is 2.15. The number of hydrogen-bond acceptors (Lipinski definition) is 5. The summed E-state index contributed by atoms with van der Waals surface area (Å²) in [5.41, 5.74) is 1.45. The quantitative estimate of drug-likeness (QED) is 0.868. The molecular formula is C19H20N2O5S. The molecule has 2 aliphatic heterocycles. The third-order valence-corrected chi connectivity index (χ3v) is 6.45. The van der Waals surface area contributed by atoms with E-state index in [1.54, 1.807) is 56.1 Å². The number of nitrogens with zero attached hydrogens (tertiary/aromatic N) is 1. The van der Waals surface area contributed by atoms with Gasteiger partial charge in [-0.3, -0.25) is 4.79 Å². The van der Waals surface area contributed by atoms with E-state index < -0.39 is 15.4 Å². The highest BCUT2D eigenvalue weighted by atomic mass is 32.2. The number of fused-ring (bicyclic) bond motifs is 2. The summed E-state index contributed by atoms with van der Waals surface area (Å²) in [6.07, 6.45) is 0. The number of amides is 1. The summed E-state index contributed by atoms with van der Waals surface area (Å²) in [4.78, 5) is 14.1. The summed E-state index contributed by atoms with van der Waals surface area (Å²) >= 11 is 0. The van der Waals surface area contributed by atoms with Gasteiger partial charge in [-0.25, -0.2) is 13.1 Å². The van der Waals surface area contributed by atoms with Gasteiger partial charge in [0.1, 0.15) is 0 Å². The molecule has 0 saturated carbocycles. The van der Waals surface area contributed by atoms with Gasteiger partial charge in [0.2, 0.25) is 22.7 Å². The summed E-state index contributed by atoms with van der Waals surface area (Å²) in [7, 11) is -2.03. The van der Waals surface area contributed by atoms with Crippen molar-refractivity contribution in [2.24, 2.45) is 0 Å². The van der Waals surface area contributed by atoms with Crippen LogP contribution in [-0.2, 0) is 26.8 Å². The molecule has 0 fully saturated rings. The Bertz CT molecular complexity index is 1050. The number of sulfonamides is 1. The molecule has 2 aliphatic rings. The minimum Gasteiger partial charge on any atom is -0.454 e. The van der Waals surface area contributed by atoms with Crippen molar-refractivity contribution in [2.75, 3.05) is 18.7 Å². The van der Waals surface area contributed by atoms with Crippen LogP contribution >= 0.6 is 0 Å². The number of rotatable bonds is 4. The maximum absolute atomic E-state index is 12.7. The fourth-order valence-electron chi connectivity index (χ4n) is 3.43. The number of hydrogen-bond donors (Lipinski definition) is 1. The van der Waals surface area contributed by atoms with Gasteiger partial charge in [0.05, 0.1) is 10.3 Å². The van der Waals surface area contributed by atoms with Gasteiger partial charge in [-0.2, -0.15) is 0 Å². The minimum atomic E-state index is -3.73. The lowest BCUT2D eigenvalue weighted by Crippen LogP contribution is -2.33. The predicted molar refractivity (Wildman–Crippen MR) is 99.5 cm³/mol. The van der Waals surface area contributed by atoms with Crippen LogP contribution in [0, 0.1) is 0 Å². The lowest BCUT2D eigenvalue weighted by atomic mass is 9.86. The monoisotopic (exact) mass is 388 g/mol. The Kier molecular flexibility index (Phi) is 3.94. The summed E-state index contributed by atoms with van der Waals surface area (Å²) < 4.78 is 38.7. The van der Waals surface area contributed by atoms with Gasteiger partial charge < -0.3 is 14.4 Å². The second-order valence-electron chi connectivity index (χ2n) is 7.18. The van der Waals surface area contributed by atoms with Crippen LogP contribution in [0.3, 0.4) is 0 Å². The summed E-state index contributed by atoms with van der Waals surface area (Å²) in [6, 6.07) is 10.1. The Labute approximate surface area is 157 Å². The highest BCUT2D eigenvalue weighted by molar-refractivity contribution is 7.89. The molecule has 1 N–H and O–H groups in total. The van der Waals surface area contributed by atoms with E-state index in [1.807, 2.05) is 0 Å². The Hall–Kier alpha value is -2.58. The van der Waals surface area contributed by atoms with E-state index in [0.29, 0.717) is 17.1 Å². The highest BCUT2D eigenvalue weighted by Crippen LogP contribution is 2.41. The smallest absolute Gasteiger partial charge is 0.240 e. The van der Waals surface area contributed by atoms with E-state index in [2.05, 4.69) is 4.72 Å². The van der Waals surface area contributed by atoms with Crippen LogP contribution in [0.25, 0.3) is 0 Å². The van der Waals surface area contributed by atoms with Crippen LogP contribution in [0.4, 0.5) is 5.69 Å². The number of carbonyl (C=O) groups is 1. The SMILES string of the molecule is CN1C(=O)C(C)(C)c2cc(S(=O)(=O)NCc3ccc4c(c3)OCO4)ccc21. The molecule has 2 aromatic rings. The lowest BCUT2D eigenvalue weighted by Gasteiger charge is -2.16. The topological polar surface area (TPSA) is 84.9 Å². The lowest BCUT2D eigenvalue weighted by molar-refractivity contribution is -0.121. The van der Waals surface area contributed by atoms with Crippen molar-refractivity contribution in [2.45, 2.75) is 30.7 Å². The first-order valence-corrected chi connectivity index (χ1v) is 9.99. The molecular weight excluding hydrogens is 368 g/mol. The third-order valence-electron chi connectivity index (χ3n) is 5.06. The highest BCUT2D eigenvalue weighted by Gasteiger charge is 2.42.